The maximum absolute atomic E-state index is 11.9. The predicted molar refractivity (Wildman–Crippen MR) is 104 cm³/mol. The van der Waals surface area contributed by atoms with Crippen LogP contribution in [0, 0.1) is 0 Å². The molecule has 0 aliphatic carbocycles. The van der Waals surface area contributed by atoms with Gasteiger partial charge in [-0.15, -0.1) is 0 Å². The van der Waals surface area contributed by atoms with Gasteiger partial charge in [-0.3, -0.25) is 14.1 Å². The Labute approximate surface area is 160 Å². The number of nitrogens with one attached hydrogen (secondary N) is 1. The summed E-state index contributed by atoms with van der Waals surface area (Å²) in [4.78, 5) is 39.6. The fourth-order valence-corrected chi connectivity index (χ4v) is 3.03. The van der Waals surface area contributed by atoms with Gasteiger partial charge >= 0.3 is 7.82 Å². The summed E-state index contributed by atoms with van der Waals surface area (Å²) in [6.45, 7) is 0.755. The second kappa shape index (κ2) is 13.6. The lowest BCUT2D eigenvalue weighted by Crippen LogP contribution is -2.24. The van der Waals surface area contributed by atoms with Crippen molar-refractivity contribution in [2.45, 2.75) is 57.8 Å². The third-order valence-electron chi connectivity index (χ3n) is 4.18. The molecule has 0 heterocycles. The topological polar surface area (TPSA) is 113 Å². The number of carbonyl (C=O) groups excluding carboxylic acids is 2. The largest absolute Gasteiger partial charge is 0.469 e. The summed E-state index contributed by atoms with van der Waals surface area (Å²) in [5.41, 5.74) is 1.12. The van der Waals surface area contributed by atoms with Gasteiger partial charge in [-0.25, -0.2) is 4.57 Å². The van der Waals surface area contributed by atoms with Gasteiger partial charge in [-0.2, -0.15) is 0 Å². The Kier molecular flexibility index (Phi) is 11.9. The van der Waals surface area contributed by atoms with Crippen molar-refractivity contribution in [2.24, 2.45) is 0 Å². The average molecular weight is 399 g/mol. The molecule has 27 heavy (non-hydrogen) atoms. The Hall–Kier alpha value is -1.53. The summed E-state index contributed by atoms with van der Waals surface area (Å²) in [6, 6.07) is 6.56. The normalized spacial score (nSPS) is 11.3. The quantitative estimate of drug-likeness (QED) is 0.235. The summed E-state index contributed by atoms with van der Waals surface area (Å²) in [6.07, 6.45) is 9.94. The number of phosphoric ester groups is 1. The Morgan fingerprint density at radius 2 is 1.44 bits per heavy atom. The number of rotatable bonds is 15. The highest BCUT2D eigenvalue weighted by molar-refractivity contribution is 7.46. The van der Waals surface area contributed by atoms with E-state index in [0.29, 0.717) is 24.1 Å². The summed E-state index contributed by atoms with van der Waals surface area (Å²) in [7, 11) is -4.31. The lowest BCUT2D eigenvalue weighted by atomic mass is 10.1. The van der Waals surface area contributed by atoms with Crippen molar-refractivity contribution >= 4 is 20.0 Å². The van der Waals surface area contributed by atoms with Crippen LogP contribution in [-0.4, -0.2) is 35.1 Å². The van der Waals surface area contributed by atoms with Crippen molar-refractivity contribution in [3.05, 3.63) is 35.4 Å². The number of amides is 1. The predicted octanol–water partition coefficient (Wildman–Crippen LogP) is 3.85. The van der Waals surface area contributed by atoms with Gasteiger partial charge in [0.05, 0.1) is 6.61 Å². The molecule has 1 rings (SSSR count). The van der Waals surface area contributed by atoms with E-state index in [9.17, 15) is 14.2 Å². The number of phosphoric acid groups is 1. The van der Waals surface area contributed by atoms with Crippen LogP contribution in [0.4, 0.5) is 0 Å². The van der Waals surface area contributed by atoms with Crippen LogP contribution >= 0.6 is 7.82 Å². The van der Waals surface area contributed by atoms with Crippen molar-refractivity contribution in [1.29, 1.82) is 0 Å². The highest BCUT2D eigenvalue weighted by atomic mass is 31.2. The van der Waals surface area contributed by atoms with Crippen molar-refractivity contribution in [3.8, 4) is 0 Å². The molecule has 0 aromatic heterocycles. The van der Waals surface area contributed by atoms with E-state index in [1.807, 2.05) is 0 Å². The van der Waals surface area contributed by atoms with Crippen LogP contribution in [-0.2, 0) is 9.09 Å². The lowest BCUT2D eigenvalue weighted by Gasteiger charge is -2.06. The monoisotopic (exact) mass is 399 g/mol. The zero-order valence-corrected chi connectivity index (χ0v) is 16.5. The molecule has 0 unspecified atom stereocenters. The summed E-state index contributed by atoms with van der Waals surface area (Å²) < 4.78 is 14.9. The Bertz CT molecular complexity index is 599. The molecule has 7 nitrogen and oxygen atoms in total. The van der Waals surface area contributed by atoms with Crippen LogP contribution in [0.2, 0.25) is 0 Å². The highest BCUT2D eigenvalue weighted by Gasteiger charge is 2.12. The Morgan fingerprint density at radius 3 is 1.96 bits per heavy atom. The van der Waals surface area contributed by atoms with E-state index < -0.39 is 7.82 Å². The minimum atomic E-state index is -4.31. The molecule has 1 aromatic rings. The molecule has 0 spiro atoms. The first-order valence-corrected chi connectivity index (χ1v) is 11.0. The van der Waals surface area contributed by atoms with E-state index in [-0.39, 0.29) is 12.5 Å². The van der Waals surface area contributed by atoms with E-state index in [4.69, 9.17) is 9.79 Å². The molecule has 0 fully saturated rings. The van der Waals surface area contributed by atoms with Gasteiger partial charge in [0.15, 0.2) is 0 Å². The van der Waals surface area contributed by atoms with Gasteiger partial charge < -0.3 is 15.1 Å². The van der Waals surface area contributed by atoms with Crippen molar-refractivity contribution < 1.29 is 28.5 Å². The average Bonchev–Trinajstić information content (AvgIpc) is 2.64. The van der Waals surface area contributed by atoms with E-state index in [1.54, 1.807) is 24.3 Å². The highest BCUT2D eigenvalue weighted by Crippen LogP contribution is 2.35. The van der Waals surface area contributed by atoms with Crippen LogP contribution in [0.3, 0.4) is 0 Å². The van der Waals surface area contributed by atoms with Gasteiger partial charge in [0, 0.05) is 17.7 Å². The van der Waals surface area contributed by atoms with Gasteiger partial charge in [-0.1, -0.05) is 57.1 Å². The molecule has 8 heteroatoms. The van der Waals surface area contributed by atoms with Gasteiger partial charge in [0.1, 0.15) is 6.29 Å². The van der Waals surface area contributed by atoms with Crippen LogP contribution in [0.1, 0.15) is 78.5 Å². The first kappa shape index (κ1) is 23.5. The molecule has 3 N–H and O–H groups in total. The molecule has 0 radical (unpaired) electrons. The van der Waals surface area contributed by atoms with Gasteiger partial charge in [0.2, 0.25) is 0 Å². The van der Waals surface area contributed by atoms with Crippen LogP contribution in [0.5, 0.6) is 0 Å². The number of benzene rings is 1. The molecule has 0 atom stereocenters. The SMILES string of the molecule is O=Cc1ccc(C(=O)NCCCCCCCCCCCOP(=O)(O)O)cc1. The molecule has 0 aliphatic rings. The number of unbranched alkanes of at least 4 members (excludes halogenated alkanes) is 8. The molecule has 0 saturated carbocycles. The fourth-order valence-electron chi connectivity index (χ4n) is 2.67. The van der Waals surface area contributed by atoms with Crippen molar-refractivity contribution in [2.75, 3.05) is 13.2 Å². The third kappa shape index (κ3) is 12.5. The number of aldehydes is 1. The van der Waals surface area contributed by atoms with E-state index in [2.05, 4.69) is 9.84 Å². The van der Waals surface area contributed by atoms with Crippen LogP contribution < -0.4 is 5.32 Å². The molecular formula is C19H30NO6P. The van der Waals surface area contributed by atoms with E-state index >= 15 is 0 Å². The fraction of sp³-hybridized carbons (Fsp3) is 0.579. The summed E-state index contributed by atoms with van der Waals surface area (Å²) >= 11 is 0. The van der Waals surface area contributed by atoms with E-state index in [0.717, 1.165) is 57.7 Å². The van der Waals surface area contributed by atoms with Crippen LogP contribution in [0.15, 0.2) is 24.3 Å². The number of hydrogen-bond donors (Lipinski definition) is 3. The molecule has 0 aliphatic heterocycles. The molecule has 1 amide bonds. The zero-order chi connectivity index (χ0) is 20.0. The second-order valence-corrected chi connectivity index (χ2v) is 7.74. The maximum Gasteiger partial charge on any atom is 0.469 e. The molecule has 152 valence electrons. The Morgan fingerprint density at radius 1 is 0.926 bits per heavy atom. The molecule has 0 saturated heterocycles. The smallest absolute Gasteiger partial charge is 0.352 e. The molecule has 0 bridgehead atoms. The lowest BCUT2D eigenvalue weighted by molar-refractivity contribution is 0.0952. The molecular weight excluding hydrogens is 369 g/mol. The standard InChI is InChI=1S/C19H30NO6P/c21-16-17-10-12-18(13-11-17)19(22)20-14-8-6-4-2-1-3-5-7-9-15-26-27(23,24)25/h10-13,16H,1-9,14-15H2,(H,20,22)(H2,23,24,25). The molecule has 1 aromatic carbocycles. The van der Waals surface area contributed by atoms with Crippen LogP contribution in [0.25, 0.3) is 0 Å². The maximum atomic E-state index is 11.9. The third-order valence-corrected chi connectivity index (χ3v) is 4.69. The number of hydrogen-bond acceptors (Lipinski definition) is 4. The van der Waals surface area contributed by atoms with Crippen molar-refractivity contribution in [3.63, 3.8) is 0 Å². The first-order chi connectivity index (χ1) is 12.9. The minimum Gasteiger partial charge on any atom is -0.352 e. The second-order valence-electron chi connectivity index (χ2n) is 6.50. The summed E-state index contributed by atoms with van der Waals surface area (Å²) in [5.74, 6) is -0.116. The minimum absolute atomic E-state index is 0.108. The first-order valence-electron chi connectivity index (χ1n) is 9.46. The summed E-state index contributed by atoms with van der Waals surface area (Å²) in [5, 5.41) is 2.88. The van der Waals surface area contributed by atoms with E-state index in [1.165, 1.54) is 0 Å². The van der Waals surface area contributed by atoms with Gasteiger partial charge in [0.25, 0.3) is 5.91 Å². The van der Waals surface area contributed by atoms with Gasteiger partial charge in [-0.05, 0) is 25.0 Å². The Balaban J connectivity index is 1.90. The zero-order valence-electron chi connectivity index (χ0n) is 15.6. The number of carbonyl (C=O) groups is 2. The van der Waals surface area contributed by atoms with Crippen molar-refractivity contribution in [1.82, 2.24) is 5.32 Å².